The fourth-order valence-electron chi connectivity index (χ4n) is 3.80. The normalized spacial score (nSPS) is 14.6. The van der Waals surface area contributed by atoms with Crippen LogP contribution < -0.4 is 10.1 Å². The van der Waals surface area contributed by atoms with Gasteiger partial charge in [-0.25, -0.2) is 4.79 Å². The Balaban J connectivity index is 1.67. The first kappa shape index (κ1) is 20.3. The lowest BCUT2D eigenvalue weighted by molar-refractivity contribution is -0.274. The van der Waals surface area contributed by atoms with Crippen LogP contribution in [0.1, 0.15) is 40.9 Å². The topological polar surface area (TPSA) is 63.5 Å². The van der Waals surface area contributed by atoms with E-state index in [1.807, 2.05) is 24.3 Å². The van der Waals surface area contributed by atoms with Gasteiger partial charge in [0.1, 0.15) is 11.4 Å². The van der Waals surface area contributed by atoms with E-state index in [1.165, 1.54) is 30.7 Å². The highest BCUT2D eigenvalue weighted by atomic mass is 19.4. The van der Waals surface area contributed by atoms with Gasteiger partial charge in [0.05, 0.1) is 0 Å². The van der Waals surface area contributed by atoms with Gasteiger partial charge in [0.25, 0.3) is 0 Å². The highest BCUT2D eigenvalue weighted by Gasteiger charge is 2.31. The SMILES string of the molecule is O=C(O)c1c(CNC2CCC2)c2ccccc2n1Cc1ccc(OC(F)(F)F)cc1. The van der Waals surface area contributed by atoms with E-state index in [0.717, 1.165) is 29.3 Å². The maximum atomic E-state index is 12.4. The lowest BCUT2D eigenvalue weighted by Crippen LogP contribution is -2.34. The second-order valence-electron chi connectivity index (χ2n) is 7.44. The minimum atomic E-state index is -4.75. The van der Waals surface area contributed by atoms with Crippen molar-refractivity contribution in [3.8, 4) is 5.75 Å². The Hall–Kier alpha value is -3.00. The number of para-hydroxylation sites is 1. The number of rotatable bonds is 7. The molecule has 0 unspecified atom stereocenters. The standard InChI is InChI=1S/C22H21F3N2O3/c23-22(24,25)30-16-10-8-14(9-11-16)13-27-19-7-2-1-6-17(19)18(20(27)21(28)29)12-26-15-4-3-5-15/h1-2,6-11,15,26H,3-5,12-13H2,(H,28,29). The van der Waals surface area contributed by atoms with Crippen LogP contribution in [0.15, 0.2) is 48.5 Å². The van der Waals surface area contributed by atoms with Crippen molar-refractivity contribution in [2.45, 2.75) is 44.8 Å². The summed E-state index contributed by atoms with van der Waals surface area (Å²) >= 11 is 0. The molecule has 0 radical (unpaired) electrons. The van der Waals surface area contributed by atoms with E-state index in [1.54, 1.807) is 4.57 Å². The number of benzene rings is 2. The Kier molecular flexibility index (Phi) is 5.42. The molecule has 0 bridgehead atoms. The number of carboxylic acid groups (broad SMARTS) is 1. The summed E-state index contributed by atoms with van der Waals surface area (Å²) in [5.41, 5.74) is 2.36. The summed E-state index contributed by atoms with van der Waals surface area (Å²) in [6, 6.07) is 13.4. The quantitative estimate of drug-likeness (QED) is 0.571. The molecular weight excluding hydrogens is 397 g/mol. The zero-order valence-electron chi connectivity index (χ0n) is 16.1. The molecule has 2 N–H and O–H groups in total. The first-order chi connectivity index (χ1) is 14.3. The second kappa shape index (κ2) is 8.02. The zero-order chi connectivity index (χ0) is 21.3. The predicted molar refractivity (Wildman–Crippen MR) is 106 cm³/mol. The van der Waals surface area contributed by atoms with E-state index < -0.39 is 12.3 Å². The highest BCUT2D eigenvalue weighted by Crippen LogP contribution is 2.29. The van der Waals surface area contributed by atoms with Crippen LogP contribution in [-0.4, -0.2) is 28.0 Å². The molecule has 158 valence electrons. The first-order valence-corrected chi connectivity index (χ1v) is 9.73. The number of hydrogen-bond acceptors (Lipinski definition) is 3. The Morgan fingerprint density at radius 1 is 1.13 bits per heavy atom. The van der Waals surface area contributed by atoms with Crippen molar-refractivity contribution in [3.63, 3.8) is 0 Å². The third-order valence-corrected chi connectivity index (χ3v) is 5.45. The van der Waals surface area contributed by atoms with Crippen molar-refractivity contribution in [1.82, 2.24) is 9.88 Å². The molecule has 0 aliphatic heterocycles. The lowest BCUT2D eigenvalue weighted by atomic mass is 9.93. The number of carbonyl (C=O) groups is 1. The second-order valence-corrected chi connectivity index (χ2v) is 7.44. The van der Waals surface area contributed by atoms with Crippen LogP contribution in [0.3, 0.4) is 0 Å². The van der Waals surface area contributed by atoms with E-state index >= 15 is 0 Å². The largest absolute Gasteiger partial charge is 0.573 e. The minimum absolute atomic E-state index is 0.193. The first-order valence-electron chi connectivity index (χ1n) is 9.73. The number of nitrogens with zero attached hydrogens (tertiary/aromatic N) is 1. The van der Waals surface area contributed by atoms with Crippen molar-refractivity contribution in [2.75, 3.05) is 0 Å². The van der Waals surface area contributed by atoms with Gasteiger partial charge < -0.3 is 19.7 Å². The summed E-state index contributed by atoms with van der Waals surface area (Å²) in [5.74, 6) is -1.35. The van der Waals surface area contributed by atoms with Gasteiger partial charge in [0, 0.05) is 35.6 Å². The molecule has 3 aromatic rings. The number of carboxylic acids is 1. The Morgan fingerprint density at radius 3 is 2.43 bits per heavy atom. The van der Waals surface area contributed by atoms with Gasteiger partial charge in [0.2, 0.25) is 0 Å². The fourth-order valence-corrected chi connectivity index (χ4v) is 3.80. The molecule has 1 aliphatic carbocycles. The summed E-state index contributed by atoms with van der Waals surface area (Å²) in [4.78, 5) is 12.1. The predicted octanol–water partition coefficient (Wildman–Crippen LogP) is 4.93. The Labute approximate surface area is 171 Å². The van der Waals surface area contributed by atoms with Gasteiger partial charge >= 0.3 is 12.3 Å². The zero-order valence-corrected chi connectivity index (χ0v) is 16.1. The molecular formula is C22H21F3N2O3. The van der Waals surface area contributed by atoms with E-state index in [9.17, 15) is 23.1 Å². The fraction of sp³-hybridized carbons (Fsp3) is 0.318. The minimum Gasteiger partial charge on any atom is -0.477 e. The summed E-state index contributed by atoms with van der Waals surface area (Å²) in [6.07, 6.45) is -1.39. The van der Waals surface area contributed by atoms with Gasteiger partial charge in [-0.05, 0) is 36.6 Å². The Morgan fingerprint density at radius 2 is 1.83 bits per heavy atom. The van der Waals surface area contributed by atoms with E-state index in [2.05, 4.69) is 10.1 Å². The summed E-state index contributed by atoms with van der Waals surface area (Å²) in [7, 11) is 0. The van der Waals surface area contributed by atoms with Crippen molar-refractivity contribution < 1.29 is 27.8 Å². The third-order valence-electron chi connectivity index (χ3n) is 5.45. The van der Waals surface area contributed by atoms with Crippen LogP contribution >= 0.6 is 0 Å². The molecule has 30 heavy (non-hydrogen) atoms. The maximum absolute atomic E-state index is 12.4. The average Bonchev–Trinajstić information content (AvgIpc) is 2.95. The van der Waals surface area contributed by atoms with Gasteiger partial charge in [-0.2, -0.15) is 0 Å². The number of alkyl halides is 3. The molecule has 1 aromatic heterocycles. The number of nitrogens with one attached hydrogen (secondary N) is 1. The summed E-state index contributed by atoms with van der Waals surface area (Å²) in [6.45, 7) is 0.677. The third kappa shape index (κ3) is 4.28. The monoisotopic (exact) mass is 418 g/mol. The van der Waals surface area contributed by atoms with E-state index in [0.29, 0.717) is 18.2 Å². The Bertz CT molecular complexity index is 1050. The highest BCUT2D eigenvalue weighted by molar-refractivity contribution is 5.98. The molecule has 1 fully saturated rings. The van der Waals surface area contributed by atoms with Crippen molar-refractivity contribution >= 4 is 16.9 Å². The van der Waals surface area contributed by atoms with Gasteiger partial charge in [0.15, 0.2) is 0 Å². The van der Waals surface area contributed by atoms with E-state index in [4.69, 9.17) is 0 Å². The van der Waals surface area contributed by atoms with Gasteiger partial charge in [-0.3, -0.25) is 0 Å². The summed E-state index contributed by atoms with van der Waals surface area (Å²) < 4.78 is 42.7. The molecule has 5 nitrogen and oxygen atoms in total. The molecule has 0 spiro atoms. The molecule has 0 amide bonds. The molecule has 1 aliphatic rings. The number of hydrogen-bond donors (Lipinski definition) is 2. The van der Waals surface area contributed by atoms with Crippen molar-refractivity contribution in [1.29, 1.82) is 0 Å². The molecule has 4 rings (SSSR count). The number of fused-ring (bicyclic) bond motifs is 1. The van der Waals surface area contributed by atoms with Crippen LogP contribution in [0.4, 0.5) is 13.2 Å². The summed E-state index contributed by atoms with van der Waals surface area (Å²) in [5, 5.41) is 14.2. The molecule has 0 saturated heterocycles. The number of aromatic carboxylic acids is 1. The number of halogens is 3. The molecule has 8 heteroatoms. The molecule has 2 aromatic carbocycles. The molecule has 0 atom stereocenters. The van der Waals surface area contributed by atoms with Crippen molar-refractivity contribution in [2.24, 2.45) is 0 Å². The van der Waals surface area contributed by atoms with Crippen LogP contribution in [0, 0.1) is 0 Å². The molecule has 1 heterocycles. The maximum Gasteiger partial charge on any atom is 0.573 e. The lowest BCUT2D eigenvalue weighted by Gasteiger charge is -2.26. The van der Waals surface area contributed by atoms with Crippen LogP contribution in [0.2, 0.25) is 0 Å². The average molecular weight is 418 g/mol. The van der Waals surface area contributed by atoms with Crippen molar-refractivity contribution in [3.05, 3.63) is 65.4 Å². The van der Waals surface area contributed by atoms with Gasteiger partial charge in [-0.15, -0.1) is 13.2 Å². The smallest absolute Gasteiger partial charge is 0.477 e. The van der Waals surface area contributed by atoms with Crippen LogP contribution in [0.25, 0.3) is 10.9 Å². The van der Waals surface area contributed by atoms with Crippen LogP contribution in [-0.2, 0) is 13.1 Å². The number of aromatic nitrogens is 1. The van der Waals surface area contributed by atoms with Crippen LogP contribution in [0.5, 0.6) is 5.75 Å². The number of ether oxygens (including phenoxy) is 1. The van der Waals surface area contributed by atoms with E-state index in [-0.39, 0.29) is 18.0 Å². The van der Waals surface area contributed by atoms with Gasteiger partial charge in [-0.1, -0.05) is 36.8 Å². The molecule has 1 saturated carbocycles.